The van der Waals surface area contributed by atoms with Gasteiger partial charge in [0, 0.05) is 0 Å². The minimum Gasteiger partial charge on any atom is -0.457 e. The van der Waals surface area contributed by atoms with E-state index < -0.39 is 0 Å². The van der Waals surface area contributed by atoms with Crippen molar-refractivity contribution >= 4 is 34.6 Å². The van der Waals surface area contributed by atoms with Crippen LogP contribution in [0.4, 0.5) is 5.69 Å². The Labute approximate surface area is 168 Å². The number of para-hydroxylation sites is 1. The summed E-state index contributed by atoms with van der Waals surface area (Å²) in [5.74, 6) is 1.27. The maximum absolute atomic E-state index is 12.9. The topological polar surface area (TPSA) is 53.4 Å². The number of amides is 1. The van der Waals surface area contributed by atoms with Crippen molar-refractivity contribution in [1.82, 2.24) is 0 Å². The number of carbonyl (C=O) groups is 1. The van der Waals surface area contributed by atoms with E-state index in [2.05, 4.69) is 0 Å². The van der Waals surface area contributed by atoms with Crippen LogP contribution in [0.15, 0.2) is 83.8 Å². The van der Waals surface area contributed by atoms with Gasteiger partial charge < -0.3 is 4.74 Å². The predicted molar refractivity (Wildman–Crippen MR) is 115 cm³/mol. The van der Waals surface area contributed by atoms with Crippen LogP contribution in [0, 0.1) is 12.3 Å². The zero-order valence-electron chi connectivity index (χ0n) is 15.3. The highest BCUT2D eigenvalue weighted by atomic mass is 32.2. The molecule has 1 aliphatic heterocycles. The maximum atomic E-state index is 12.9. The predicted octanol–water partition coefficient (Wildman–Crippen LogP) is 5.84. The molecule has 5 heteroatoms. The van der Waals surface area contributed by atoms with Crippen molar-refractivity contribution in [2.75, 3.05) is 4.90 Å². The summed E-state index contributed by atoms with van der Waals surface area (Å²) < 4.78 is 5.86. The molecule has 4 rings (SSSR count). The SMILES string of the molecule is Cc1cccc(N2C(=N)S/C(=C\c3cccc(Oc4ccccc4)c3)C2=O)c1. The van der Waals surface area contributed by atoms with Gasteiger partial charge in [-0.05, 0) is 72.3 Å². The van der Waals surface area contributed by atoms with Crippen LogP contribution in [0.5, 0.6) is 11.5 Å². The van der Waals surface area contributed by atoms with Gasteiger partial charge in [0.15, 0.2) is 5.17 Å². The third-order valence-electron chi connectivity index (χ3n) is 4.22. The van der Waals surface area contributed by atoms with Crippen molar-refractivity contribution in [2.45, 2.75) is 6.92 Å². The molecule has 0 bridgehead atoms. The highest BCUT2D eigenvalue weighted by molar-refractivity contribution is 8.19. The largest absolute Gasteiger partial charge is 0.457 e. The number of hydrogen-bond donors (Lipinski definition) is 1. The molecule has 138 valence electrons. The monoisotopic (exact) mass is 386 g/mol. The zero-order chi connectivity index (χ0) is 19.5. The molecule has 0 saturated carbocycles. The van der Waals surface area contributed by atoms with Gasteiger partial charge in [-0.15, -0.1) is 0 Å². The van der Waals surface area contributed by atoms with Gasteiger partial charge in [0.1, 0.15) is 11.5 Å². The van der Waals surface area contributed by atoms with Gasteiger partial charge in [-0.1, -0.05) is 42.5 Å². The van der Waals surface area contributed by atoms with E-state index in [1.807, 2.05) is 85.8 Å². The number of aryl methyl sites for hydroxylation is 1. The lowest BCUT2D eigenvalue weighted by atomic mass is 10.2. The Hall–Kier alpha value is -3.31. The molecule has 0 aliphatic carbocycles. The Morgan fingerprint density at radius 2 is 1.68 bits per heavy atom. The first kappa shape index (κ1) is 18.1. The lowest BCUT2D eigenvalue weighted by molar-refractivity contribution is -0.113. The number of nitrogens with one attached hydrogen (secondary N) is 1. The average molecular weight is 386 g/mol. The lowest BCUT2D eigenvalue weighted by Crippen LogP contribution is -2.28. The van der Waals surface area contributed by atoms with Crippen LogP contribution in [-0.2, 0) is 4.79 Å². The first-order valence-corrected chi connectivity index (χ1v) is 9.64. The minimum atomic E-state index is -0.185. The molecule has 1 aliphatic rings. The summed E-state index contributed by atoms with van der Waals surface area (Å²) in [7, 11) is 0. The molecule has 0 atom stereocenters. The van der Waals surface area contributed by atoms with Gasteiger partial charge in [-0.3, -0.25) is 15.1 Å². The lowest BCUT2D eigenvalue weighted by Gasteiger charge is -2.14. The second-order valence-corrected chi connectivity index (χ2v) is 7.41. The van der Waals surface area contributed by atoms with E-state index in [0.717, 1.165) is 16.9 Å². The van der Waals surface area contributed by atoms with Crippen molar-refractivity contribution in [3.63, 3.8) is 0 Å². The smallest absolute Gasteiger partial charge is 0.271 e. The minimum absolute atomic E-state index is 0.185. The van der Waals surface area contributed by atoms with Crippen LogP contribution < -0.4 is 9.64 Å². The summed E-state index contributed by atoms with van der Waals surface area (Å²) in [6, 6.07) is 24.7. The van der Waals surface area contributed by atoms with Crippen molar-refractivity contribution in [3.05, 3.63) is 94.9 Å². The van der Waals surface area contributed by atoms with Crippen molar-refractivity contribution in [1.29, 1.82) is 5.41 Å². The summed E-state index contributed by atoms with van der Waals surface area (Å²) in [6.07, 6.45) is 1.80. The van der Waals surface area contributed by atoms with E-state index in [4.69, 9.17) is 10.1 Å². The second kappa shape index (κ2) is 7.74. The summed E-state index contributed by atoms with van der Waals surface area (Å²) in [6.45, 7) is 1.97. The van der Waals surface area contributed by atoms with Gasteiger partial charge in [0.05, 0.1) is 10.6 Å². The quantitative estimate of drug-likeness (QED) is 0.573. The van der Waals surface area contributed by atoms with Crippen molar-refractivity contribution in [3.8, 4) is 11.5 Å². The van der Waals surface area contributed by atoms with E-state index in [1.165, 1.54) is 16.7 Å². The van der Waals surface area contributed by atoms with Gasteiger partial charge in [0.2, 0.25) is 0 Å². The third-order valence-corrected chi connectivity index (χ3v) is 5.11. The Morgan fingerprint density at radius 3 is 2.46 bits per heavy atom. The van der Waals surface area contributed by atoms with Crippen LogP contribution in [0.1, 0.15) is 11.1 Å². The fourth-order valence-electron chi connectivity index (χ4n) is 2.93. The number of rotatable bonds is 4. The number of carbonyl (C=O) groups excluding carboxylic acids is 1. The molecule has 1 amide bonds. The number of anilines is 1. The van der Waals surface area contributed by atoms with Gasteiger partial charge >= 0.3 is 0 Å². The zero-order valence-corrected chi connectivity index (χ0v) is 16.1. The van der Waals surface area contributed by atoms with Crippen LogP contribution in [0.3, 0.4) is 0 Å². The summed E-state index contributed by atoms with van der Waals surface area (Å²) >= 11 is 1.17. The third kappa shape index (κ3) is 3.85. The van der Waals surface area contributed by atoms with E-state index >= 15 is 0 Å². The summed E-state index contributed by atoms with van der Waals surface area (Å²) in [5, 5.41) is 8.44. The average Bonchev–Trinajstić information content (AvgIpc) is 2.96. The van der Waals surface area contributed by atoms with Crippen molar-refractivity contribution < 1.29 is 9.53 Å². The highest BCUT2D eigenvalue weighted by Gasteiger charge is 2.33. The maximum Gasteiger partial charge on any atom is 0.271 e. The second-order valence-electron chi connectivity index (χ2n) is 6.38. The van der Waals surface area contributed by atoms with E-state index in [-0.39, 0.29) is 11.1 Å². The molecule has 1 N–H and O–H groups in total. The molecular weight excluding hydrogens is 368 g/mol. The first-order valence-electron chi connectivity index (χ1n) is 8.82. The number of thioether (sulfide) groups is 1. The van der Waals surface area contributed by atoms with E-state index in [0.29, 0.717) is 16.3 Å². The van der Waals surface area contributed by atoms with Crippen LogP contribution in [0.25, 0.3) is 6.08 Å². The molecule has 4 nitrogen and oxygen atoms in total. The Kier molecular flexibility index (Phi) is 5.00. The molecule has 0 spiro atoms. The fraction of sp³-hybridized carbons (Fsp3) is 0.0435. The normalized spacial score (nSPS) is 15.3. The molecular formula is C23H18N2O2S. The standard InChI is InChI=1S/C23H18N2O2S/c1-16-7-5-9-18(13-16)25-22(26)21(28-23(25)24)15-17-8-6-12-20(14-17)27-19-10-3-2-4-11-19/h2-15,24H,1H3/b21-15-,24-23?. The molecule has 3 aromatic carbocycles. The first-order chi connectivity index (χ1) is 13.6. The van der Waals surface area contributed by atoms with Crippen LogP contribution in [0.2, 0.25) is 0 Å². The van der Waals surface area contributed by atoms with Gasteiger partial charge in [-0.2, -0.15) is 0 Å². The Morgan fingerprint density at radius 1 is 0.929 bits per heavy atom. The highest BCUT2D eigenvalue weighted by Crippen LogP contribution is 2.35. The number of benzene rings is 3. The molecule has 0 aromatic heterocycles. The molecule has 1 fully saturated rings. The van der Waals surface area contributed by atoms with Gasteiger partial charge in [0.25, 0.3) is 5.91 Å². The van der Waals surface area contributed by atoms with Crippen LogP contribution >= 0.6 is 11.8 Å². The summed E-state index contributed by atoms with van der Waals surface area (Å²) in [4.78, 5) is 14.8. The molecule has 0 unspecified atom stereocenters. The van der Waals surface area contributed by atoms with E-state index in [1.54, 1.807) is 6.08 Å². The molecule has 1 saturated heterocycles. The fourth-order valence-corrected chi connectivity index (χ4v) is 3.79. The van der Waals surface area contributed by atoms with Gasteiger partial charge in [-0.25, -0.2) is 0 Å². The molecule has 1 heterocycles. The number of hydrogen-bond acceptors (Lipinski definition) is 4. The van der Waals surface area contributed by atoms with Crippen molar-refractivity contribution in [2.24, 2.45) is 0 Å². The summed E-state index contributed by atoms with van der Waals surface area (Å²) in [5.41, 5.74) is 2.61. The number of ether oxygens (including phenoxy) is 1. The van der Waals surface area contributed by atoms with Crippen LogP contribution in [-0.4, -0.2) is 11.1 Å². The number of amidine groups is 1. The van der Waals surface area contributed by atoms with E-state index in [9.17, 15) is 4.79 Å². The Balaban J connectivity index is 1.58. The Bertz CT molecular complexity index is 1080. The molecule has 3 aromatic rings. The number of nitrogens with zero attached hydrogens (tertiary/aromatic N) is 1. The molecule has 0 radical (unpaired) electrons. The molecule has 28 heavy (non-hydrogen) atoms.